The van der Waals surface area contributed by atoms with Gasteiger partial charge in [0.2, 0.25) is 0 Å². The van der Waals surface area contributed by atoms with Crippen molar-refractivity contribution in [1.29, 1.82) is 0 Å². The average molecular weight is 288 g/mol. The zero-order valence-electron chi connectivity index (χ0n) is 13.3. The van der Waals surface area contributed by atoms with Crippen LogP contribution in [0.3, 0.4) is 0 Å². The molecule has 2 heterocycles. The number of ether oxygens (including phenoxy) is 1. The number of nitrogens with one attached hydrogen (secondary N) is 1. The molecule has 21 heavy (non-hydrogen) atoms. The van der Waals surface area contributed by atoms with Gasteiger partial charge in [-0.15, -0.1) is 0 Å². The maximum absolute atomic E-state index is 5.21. The fraction of sp³-hybridized carbons (Fsp3) is 0.667. The van der Waals surface area contributed by atoms with Crippen molar-refractivity contribution < 1.29 is 4.74 Å². The van der Waals surface area contributed by atoms with E-state index < -0.39 is 0 Å². The van der Waals surface area contributed by atoms with E-state index in [-0.39, 0.29) is 0 Å². The molecule has 0 saturated carbocycles. The first-order valence-corrected chi connectivity index (χ1v) is 8.30. The lowest BCUT2D eigenvalue weighted by Crippen LogP contribution is -2.38. The lowest BCUT2D eigenvalue weighted by molar-refractivity contribution is 0.238. The van der Waals surface area contributed by atoms with Crippen molar-refractivity contribution in [1.82, 2.24) is 10.2 Å². The van der Waals surface area contributed by atoms with Crippen LogP contribution < -0.4 is 10.1 Å². The van der Waals surface area contributed by atoms with Gasteiger partial charge in [0.05, 0.1) is 7.11 Å². The van der Waals surface area contributed by atoms with Crippen LogP contribution in [0.1, 0.15) is 37.7 Å². The number of methoxy groups -OCH3 is 1. The van der Waals surface area contributed by atoms with Crippen LogP contribution in [0.5, 0.6) is 5.75 Å². The molecular weight excluding hydrogens is 260 g/mol. The Labute approximate surface area is 128 Å². The number of nitrogens with zero attached hydrogens (tertiary/aromatic N) is 1. The third-order valence-corrected chi connectivity index (χ3v) is 5.10. The van der Waals surface area contributed by atoms with Gasteiger partial charge in [0.25, 0.3) is 0 Å². The van der Waals surface area contributed by atoms with Gasteiger partial charge in [0.1, 0.15) is 5.75 Å². The van der Waals surface area contributed by atoms with Crippen molar-refractivity contribution in [3.8, 4) is 5.75 Å². The normalized spacial score (nSPS) is 28.0. The van der Waals surface area contributed by atoms with Gasteiger partial charge in [0.15, 0.2) is 0 Å². The van der Waals surface area contributed by atoms with Crippen molar-refractivity contribution in [2.24, 2.45) is 5.92 Å². The summed E-state index contributed by atoms with van der Waals surface area (Å²) in [6, 6.07) is 10.1. The number of benzene rings is 1. The van der Waals surface area contributed by atoms with E-state index in [1.807, 2.05) is 12.1 Å². The molecule has 2 unspecified atom stereocenters. The Bertz CT molecular complexity index is 433. The van der Waals surface area contributed by atoms with E-state index in [4.69, 9.17) is 4.74 Å². The number of hydrogen-bond acceptors (Lipinski definition) is 3. The molecule has 3 heteroatoms. The van der Waals surface area contributed by atoms with E-state index in [9.17, 15) is 0 Å². The van der Waals surface area contributed by atoms with Crippen LogP contribution in [-0.2, 0) is 6.54 Å². The van der Waals surface area contributed by atoms with Crippen molar-refractivity contribution in [3.05, 3.63) is 29.8 Å². The second-order valence-corrected chi connectivity index (χ2v) is 6.85. The first-order chi connectivity index (χ1) is 10.2. The number of piperidine rings is 1. The summed E-state index contributed by atoms with van der Waals surface area (Å²) in [4.78, 5) is 2.45. The molecule has 2 aliphatic heterocycles. The molecule has 1 aromatic rings. The maximum atomic E-state index is 5.21. The molecule has 2 saturated heterocycles. The smallest absolute Gasteiger partial charge is 0.118 e. The Morgan fingerprint density at radius 2 is 1.81 bits per heavy atom. The minimum atomic E-state index is 0.820. The predicted octanol–water partition coefficient (Wildman–Crippen LogP) is 3.05. The van der Waals surface area contributed by atoms with Crippen LogP contribution in [0.25, 0.3) is 0 Å². The number of fused-ring (bicyclic) bond motifs is 2. The lowest BCUT2D eigenvalue weighted by Gasteiger charge is -2.30. The van der Waals surface area contributed by atoms with Crippen LogP contribution in [0.4, 0.5) is 0 Å². The Hall–Kier alpha value is -1.06. The monoisotopic (exact) mass is 288 g/mol. The van der Waals surface area contributed by atoms with E-state index in [1.54, 1.807) is 7.11 Å². The van der Waals surface area contributed by atoms with Gasteiger partial charge < -0.3 is 15.0 Å². The molecule has 0 amide bonds. The first-order valence-electron chi connectivity index (χ1n) is 8.30. The molecule has 0 aliphatic carbocycles. The summed E-state index contributed by atoms with van der Waals surface area (Å²) in [7, 11) is 3.95. The molecule has 2 fully saturated rings. The summed E-state index contributed by atoms with van der Waals surface area (Å²) in [6.45, 7) is 2.23. The second-order valence-electron chi connectivity index (χ2n) is 6.85. The summed E-state index contributed by atoms with van der Waals surface area (Å²) in [5, 5.41) is 3.73. The lowest BCUT2D eigenvalue weighted by atomic mass is 9.89. The molecule has 0 spiro atoms. The molecule has 0 aromatic heterocycles. The fourth-order valence-corrected chi connectivity index (χ4v) is 3.94. The molecule has 2 aliphatic rings. The summed E-state index contributed by atoms with van der Waals surface area (Å²) < 4.78 is 5.21. The summed E-state index contributed by atoms with van der Waals surface area (Å²) in [5.74, 6) is 1.87. The van der Waals surface area contributed by atoms with Crippen LogP contribution in [0.2, 0.25) is 0 Å². The molecule has 2 bridgehead atoms. The van der Waals surface area contributed by atoms with Gasteiger partial charge in [-0.25, -0.2) is 0 Å². The van der Waals surface area contributed by atoms with Crippen molar-refractivity contribution in [2.45, 2.75) is 50.7 Å². The van der Waals surface area contributed by atoms with Gasteiger partial charge in [-0.05, 0) is 69.3 Å². The predicted molar refractivity (Wildman–Crippen MR) is 86.6 cm³/mol. The van der Waals surface area contributed by atoms with E-state index in [0.717, 1.165) is 30.3 Å². The Balaban J connectivity index is 1.42. The maximum Gasteiger partial charge on any atom is 0.118 e. The molecule has 3 rings (SSSR count). The third-order valence-electron chi connectivity index (χ3n) is 5.10. The zero-order valence-corrected chi connectivity index (χ0v) is 13.3. The highest BCUT2D eigenvalue weighted by molar-refractivity contribution is 5.27. The second kappa shape index (κ2) is 6.80. The van der Waals surface area contributed by atoms with Crippen LogP contribution >= 0.6 is 0 Å². The van der Waals surface area contributed by atoms with E-state index in [1.165, 1.54) is 44.2 Å². The highest BCUT2D eigenvalue weighted by atomic mass is 16.5. The average Bonchev–Trinajstić information content (AvgIpc) is 2.85. The van der Waals surface area contributed by atoms with E-state index in [2.05, 4.69) is 29.4 Å². The SMILES string of the molecule is COc1ccc(CN(C)CCC2CC3CCC(C2)N3)cc1. The highest BCUT2D eigenvalue weighted by Gasteiger charge is 2.32. The van der Waals surface area contributed by atoms with Gasteiger partial charge >= 0.3 is 0 Å². The molecule has 0 radical (unpaired) electrons. The summed E-state index contributed by atoms with van der Waals surface area (Å²) >= 11 is 0. The molecule has 2 atom stereocenters. The minimum Gasteiger partial charge on any atom is -0.497 e. The Morgan fingerprint density at radius 3 is 2.43 bits per heavy atom. The third kappa shape index (κ3) is 3.98. The van der Waals surface area contributed by atoms with Gasteiger partial charge in [-0.2, -0.15) is 0 Å². The first kappa shape index (κ1) is 14.9. The van der Waals surface area contributed by atoms with Gasteiger partial charge in [-0.1, -0.05) is 12.1 Å². The van der Waals surface area contributed by atoms with Crippen LogP contribution in [-0.4, -0.2) is 37.7 Å². The summed E-state index contributed by atoms with van der Waals surface area (Å²) in [6.07, 6.45) is 6.95. The van der Waals surface area contributed by atoms with Crippen molar-refractivity contribution in [2.75, 3.05) is 20.7 Å². The summed E-state index contributed by atoms with van der Waals surface area (Å²) in [5.41, 5.74) is 1.36. The molecule has 1 N–H and O–H groups in total. The van der Waals surface area contributed by atoms with Crippen molar-refractivity contribution >= 4 is 0 Å². The largest absolute Gasteiger partial charge is 0.497 e. The molecule has 116 valence electrons. The standard InChI is InChI=1S/C18H28N2O/c1-20(13-14-3-7-18(21-2)8-4-14)10-9-15-11-16-5-6-17(12-15)19-16/h3-4,7-8,15-17,19H,5-6,9-13H2,1-2H3. The van der Waals surface area contributed by atoms with E-state index in [0.29, 0.717) is 0 Å². The topological polar surface area (TPSA) is 24.5 Å². The van der Waals surface area contributed by atoms with E-state index >= 15 is 0 Å². The number of hydrogen-bond donors (Lipinski definition) is 1. The molecule has 3 nitrogen and oxygen atoms in total. The molecule has 1 aromatic carbocycles. The van der Waals surface area contributed by atoms with Gasteiger partial charge in [-0.3, -0.25) is 0 Å². The fourth-order valence-electron chi connectivity index (χ4n) is 3.94. The van der Waals surface area contributed by atoms with Crippen LogP contribution in [0.15, 0.2) is 24.3 Å². The highest BCUT2D eigenvalue weighted by Crippen LogP contribution is 2.32. The number of rotatable bonds is 6. The van der Waals surface area contributed by atoms with Crippen molar-refractivity contribution in [3.63, 3.8) is 0 Å². The van der Waals surface area contributed by atoms with Gasteiger partial charge in [0, 0.05) is 18.6 Å². The van der Waals surface area contributed by atoms with Crippen LogP contribution in [0, 0.1) is 5.92 Å². The Kier molecular flexibility index (Phi) is 4.81. The quantitative estimate of drug-likeness (QED) is 0.871. The zero-order chi connectivity index (χ0) is 14.7. The minimum absolute atomic E-state index is 0.820. The molecular formula is C18H28N2O. The Morgan fingerprint density at radius 1 is 1.14 bits per heavy atom.